The number of halogens is 2. The lowest BCUT2D eigenvalue weighted by molar-refractivity contribution is 0.122. The fourth-order valence-corrected chi connectivity index (χ4v) is 3.55. The Balaban J connectivity index is 1.88. The van der Waals surface area contributed by atoms with Crippen LogP contribution >= 0.6 is 23.2 Å². The summed E-state index contributed by atoms with van der Waals surface area (Å²) in [5.74, 6) is 1.05. The second-order valence-electron chi connectivity index (χ2n) is 5.10. The van der Waals surface area contributed by atoms with E-state index in [9.17, 15) is 0 Å². The predicted octanol–water partition coefficient (Wildman–Crippen LogP) is 3.28. The minimum atomic E-state index is 0.429. The smallest absolute Gasteiger partial charge is 0.228 e. The van der Waals surface area contributed by atoms with Crippen LogP contribution in [0.25, 0.3) is 0 Å². The van der Waals surface area contributed by atoms with Gasteiger partial charge in [-0.3, -0.25) is 0 Å². The number of ether oxygens (including phenoxy) is 1. The van der Waals surface area contributed by atoms with Crippen molar-refractivity contribution >= 4 is 29.2 Å². The lowest BCUT2D eigenvalue weighted by Gasteiger charge is -2.27. The van der Waals surface area contributed by atoms with Crippen molar-refractivity contribution < 1.29 is 4.74 Å². The average molecular weight is 302 g/mol. The molecule has 0 N–H and O–H groups in total. The summed E-state index contributed by atoms with van der Waals surface area (Å²) in [7, 11) is 0. The van der Waals surface area contributed by atoms with E-state index >= 15 is 0 Å². The number of hydrogen-bond donors (Lipinski definition) is 0. The van der Waals surface area contributed by atoms with E-state index in [1.165, 1.54) is 12.8 Å². The molecule has 6 heteroatoms. The fraction of sp³-hybridized carbons (Fsp3) is 0.692. The summed E-state index contributed by atoms with van der Waals surface area (Å²) in [4.78, 5) is 11.0. The number of nitrogens with zero attached hydrogens (tertiary/aromatic N) is 3. The molecule has 104 valence electrons. The molecule has 1 saturated heterocycles. The van der Waals surface area contributed by atoms with Gasteiger partial charge in [-0.2, -0.15) is 0 Å². The van der Waals surface area contributed by atoms with Crippen LogP contribution in [0.5, 0.6) is 0 Å². The molecule has 0 bridgehead atoms. The summed E-state index contributed by atoms with van der Waals surface area (Å²) >= 11 is 12.7. The van der Waals surface area contributed by atoms with Gasteiger partial charge < -0.3 is 9.64 Å². The number of hydrogen-bond acceptors (Lipinski definition) is 4. The van der Waals surface area contributed by atoms with Crippen molar-refractivity contribution in [2.45, 2.75) is 31.6 Å². The predicted molar refractivity (Wildman–Crippen MR) is 76.3 cm³/mol. The quantitative estimate of drug-likeness (QED) is 0.786. The third-order valence-corrected chi connectivity index (χ3v) is 4.47. The molecule has 0 atom stereocenters. The van der Waals surface area contributed by atoms with Crippen LogP contribution < -0.4 is 4.90 Å². The van der Waals surface area contributed by atoms with E-state index in [2.05, 4.69) is 14.9 Å². The van der Waals surface area contributed by atoms with Gasteiger partial charge in [0.25, 0.3) is 0 Å². The lowest BCUT2D eigenvalue weighted by atomic mass is 10.0. The van der Waals surface area contributed by atoms with Gasteiger partial charge >= 0.3 is 0 Å². The Morgan fingerprint density at radius 3 is 2.16 bits per heavy atom. The normalized spacial score (nSPS) is 21.1. The van der Waals surface area contributed by atoms with Gasteiger partial charge in [0.1, 0.15) is 10.3 Å². The number of morpholine rings is 1. The van der Waals surface area contributed by atoms with E-state index in [1.807, 2.05) is 0 Å². The Kier molecular flexibility index (Phi) is 4.10. The van der Waals surface area contributed by atoms with E-state index in [0.29, 0.717) is 35.4 Å². The highest BCUT2D eigenvalue weighted by molar-refractivity contribution is 6.34. The van der Waals surface area contributed by atoms with Crippen molar-refractivity contribution in [3.05, 3.63) is 15.9 Å². The molecule has 0 radical (unpaired) electrons. The molecular weight excluding hydrogens is 285 g/mol. The van der Waals surface area contributed by atoms with Gasteiger partial charge in [0.05, 0.1) is 13.2 Å². The maximum absolute atomic E-state index is 6.34. The van der Waals surface area contributed by atoms with E-state index in [0.717, 1.165) is 31.5 Å². The third kappa shape index (κ3) is 2.81. The van der Waals surface area contributed by atoms with Gasteiger partial charge in [-0.25, -0.2) is 9.97 Å². The topological polar surface area (TPSA) is 38.2 Å². The molecule has 4 nitrogen and oxygen atoms in total. The second kappa shape index (κ2) is 5.81. The molecule has 0 unspecified atom stereocenters. The third-order valence-electron chi connectivity index (χ3n) is 3.90. The number of aromatic nitrogens is 2. The lowest BCUT2D eigenvalue weighted by Crippen LogP contribution is -2.37. The van der Waals surface area contributed by atoms with Crippen molar-refractivity contribution in [3.63, 3.8) is 0 Å². The summed E-state index contributed by atoms with van der Waals surface area (Å²) in [6.07, 6.45) is 4.75. The van der Waals surface area contributed by atoms with Crippen molar-refractivity contribution in [1.29, 1.82) is 0 Å². The first kappa shape index (κ1) is 13.4. The molecule has 0 aromatic carbocycles. The van der Waals surface area contributed by atoms with Crippen LogP contribution in [-0.4, -0.2) is 36.3 Å². The van der Waals surface area contributed by atoms with Gasteiger partial charge in [-0.15, -0.1) is 0 Å². The number of anilines is 1. The maximum Gasteiger partial charge on any atom is 0.228 e. The largest absolute Gasteiger partial charge is 0.378 e. The second-order valence-corrected chi connectivity index (χ2v) is 5.82. The molecule has 19 heavy (non-hydrogen) atoms. The molecule has 1 saturated carbocycles. The van der Waals surface area contributed by atoms with Crippen LogP contribution in [0.15, 0.2) is 0 Å². The highest BCUT2D eigenvalue weighted by Crippen LogP contribution is 2.40. The first-order chi connectivity index (χ1) is 9.25. The summed E-state index contributed by atoms with van der Waals surface area (Å²) in [5.41, 5.74) is 0.942. The van der Waals surface area contributed by atoms with E-state index in [-0.39, 0.29) is 0 Å². The molecule has 0 amide bonds. The van der Waals surface area contributed by atoms with Gasteiger partial charge in [-0.05, 0) is 18.8 Å². The van der Waals surface area contributed by atoms with Crippen molar-refractivity contribution in [2.24, 2.45) is 0 Å². The minimum absolute atomic E-state index is 0.429. The van der Waals surface area contributed by atoms with Gasteiger partial charge in [-0.1, -0.05) is 36.0 Å². The molecule has 1 aromatic heterocycles. The molecule has 2 fully saturated rings. The summed E-state index contributed by atoms with van der Waals surface area (Å²) in [5, 5.41) is 1.04. The zero-order valence-corrected chi connectivity index (χ0v) is 12.3. The number of rotatable bonds is 2. The summed E-state index contributed by atoms with van der Waals surface area (Å²) in [6, 6.07) is 0. The van der Waals surface area contributed by atoms with E-state index in [4.69, 9.17) is 27.9 Å². The molecular formula is C13H17Cl2N3O. The zero-order valence-electron chi connectivity index (χ0n) is 10.7. The fourth-order valence-electron chi connectivity index (χ4n) is 2.86. The summed E-state index contributed by atoms with van der Waals surface area (Å²) < 4.78 is 5.32. The zero-order chi connectivity index (χ0) is 13.2. The Morgan fingerprint density at radius 2 is 1.58 bits per heavy atom. The molecule has 1 aliphatic heterocycles. The van der Waals surface area contributed by atoms with E-state index < -0.39 is 0 Å². The Bertz CT molecular complexity index is 434. The van der Waals surface area contributed by atoms with Crippen LogP contribution in [0.1, 0.15) is 37.2 Å². The SMILES string of the molecule is Clc1nc(N2CCOCC2)nc(Cl)c1C1CCCC1. The van der Waals surface area contributed by atoms with Gasteiger partial charge in [0.15, 0.2) is 0 Å². The monoisotopic (exact) mass is 301 g/mol. The van der Waals surface area contributed by atoms with Gasteiger partial charge in [0.2, 0.25) is 5.95 Å². The van der Waals surface area contributed by atoms with Crippen LogP contribution in [-0.2, 0) is 4.74 Å². The van der Waals surface area contributed by atoms with Gasteiger partial charge in [0, 0.05) is 18.7 Å². The molecule has 1 aromatic rings. The molecule has 2 aliphatic rings. The maximum atomic E-state index is 6.34. The highest BCUT2D eigenvalue weighted by atomic mass is 35.5. The van der Waals surface area contributed by atoms with Crippen LogP contribution in [0.3, 0.4) is 0 Å². The average Bonchev–Trinajstić information content (AvgIpc) is 2.93. The first-order valence-corrected chi connectivity index (χ1v) is 7.57. The Hall–Kier alpha value is -0.580. The van der Waals surface area contributed by atoms with Crippen LogP contribution in [0, 0.1) is 0 Å². The minimum Gasteiger partial charge on any atom is -0.378 e. The van der Waals surface area contributed by atoms with Crippen LogP contribution in [0.4, 0.5) is 5.95 Å². The van der Waals surface area contributed by atoms with Crippen molar-refractivity contribution in [2.75, 3.05) is 31.2 Å². The standard InChI is InChI=1S/C13H17Cl2N3O/c14-11-10(9-3-1-2-4-9)12(15)17-13(16-11)18-5-7-19-8-6-18/h9H,1-8H2. The highest BCUT2D eigenvalue weighted by Gasteiger charge is 2.25. The van der Waals surface area contributed by atoms with Crippen LogP contribution in [0.2, 0.25) is 10.3 Å². The van der Waals surface area contributed by atoms with Crippen molar-refractivity contribution in [3.8, 4) is 0 Å². The molecule has 2 heterocycles. The summed E-state index contributed by atoms with van der Waals surface area (Å²) in [6.45, 7) is 2.97. The molecule has 3 rings (SSSR count). The Morgan fingerprint density at radius 1 is 1.00 bits per heavy atom. The van der Waals surface area contributed by atoms with E-state index in [1.54, 1.807) is 0 Å². The molecule has 1 aliphatic carbocycles. The first-order valence-electron chi connectivity index (χ1n) is 6.81. The molecule has 0 spiro atoms. The Labute approximate surface area is 123 Å². The van der Waals surface area contributed by atoms with Crippen molar-refractivity contribution in [1.82, 2.24) is 9.97 Å².